The molecule has 1 aliphatic rings. The molecular weight excluding hydrogens is 402 g/mol. The van der Waals surface area contributed by atoms with Crippen molar-refractivity contribution >= 4 is 29.0 Å². The van der Waals surface area contributed by atoms with Gasteiger partial charge in [-0.05, 0) is 37.0 Å². The van der Waals surface area contributed by atoms with Crippen LogP contribution in [0.25, 0.3) is 11.4 Å². The second-order valence-corrected chi connectivity index (χ2v) is 8.13. The molecule has 0 atom stereocenters. The quantitative estimate of drug-likeness (QED) is 0.352. The fourth-order valence-electron chi connectivity index (χ4n) is 3.66. The highest BCUT2D eigenvalue weighted by molar-refractivity contribution is 7.99. The molecule has 1 aliphatic heterocycles. The molecule has 0 unspecified atom stereocenters. The van der Waals surface area contributed by atoms with E-state index in [1.165, 1.54) is 17.8 Å². The lowest BCUT2D eigenvalue weighted by Gasteiger charge is -2.29. The number of hydrogen-bond acceptors (Lipinski definition) is 6. The number of nitrogens with zero attached hydrogens (tertiary/aromatic N) is 5. The van der Waals surface area contributed by atoms with E-state index in [-0.39, 0.29) is 17.3 Å². The summed E-state index contributed by atoms with van der Waals surface area (Å²) in [5.41, 5.74) is 3.78. The summed E-state index contributed by atoms with van der Waals surface area (Å²) in [6, 6.07) is 12.7. The van der Waals surface area contributed by atoms with Gasteiger partial charge < -0.3 is 9.47 Å². The molecule has 0 radical (unpaired) electrons. The third-order valence-corrected chi connectivity index (χ3v) is 6.24. The Kier molecular flexibility index (Phi) is 5.54. The van der Waals surface area contributed by atoms with Gasteiger partial charge in [0, 0.05) is 37.0 Å². The fraction of sp³-hybridized carbons (Fsp3) is 0.286. The number of aryl methyl sites for hydroxylation is 2. The lowest BCUT2D eigenvalue weighted by atomic mass is 10.0. The molecule has 2 heterocycles. The van der Waals surface area contributed by atoms with Crippen LogP contribution in [0.5, 0.6) is 0 Å². The van der Waals surface area contributed by atoms with Crippen molar-refractivity contribution in [1.82, 2.24) is 14.8 Å². The lowest BCUT2D eigenvalue weighted by Crippen LogP contribution is -2.36. The average molecular weight is 423 g/mol. The number of fused-ring (bicyclic) bond motifs is 1. The minimum absolute atomic E-state index is 0.0461. The van der Waals surface area contributed by atoms with Gasteiger partial charge in [0.25, 0.3) is 5.69 Å². The van der Waals surface area contributed by atoms with E-state index >= 15 is 0 Å². The summed E-state index contributed by atoms with van der Waals surface area (Å²) < 4.78 is 1.90. The first-order chi connectivity index (χ1) is 14.5. The Morgan fingerprint density at radius 3 is 2.80 bits per heavy atom. The number of anilines is 1. The van der Waals surface area contributed by atoms with E-state index in [1.54, 1.807) is 17.0 Å². The van der Waals surface area contributed by atoms with Crippen LogP contribution in [0.15, 0.2) is 47.6 Å². The predicted octanol–water partition coefficient (Wildman–Crippen LogP) is 3.77. The first-order valence-corrected chi connectivity index (χ1v) is 10.6. The number of carbonyl (C=O) groups is 1. The molecule has 0 spiro atoms. The molecule has 1 aromatic heterocycles. The van der Waals surface area contributed by atoms with Crippen molar-refractivity contribution in [2.45, 2.75) is 24.9 Å². The van der Waals surface area contributed by atoms with E-state index in [0.29, 0.717) is 11.7 Å². The number of carbonyl (C=O) groups excluding carboxylic acids is 1. The van der Waals surface area contributed by atoms with Gasteiger partial charge in [-0.25, -0.2) is 0 Å². The van der Waals surface area contributed by atoms with Gasteiger partial charge in [0.1, 0.15) is 0 Å². The number of benzene rings is 2. The zero-order valence-electron chi connectivity index (χ0n) is 16.7. The second-order valence-electron chi connectivity index (χ2n) is 7.19. The van der Waals surface area contributed by atoms with Crippen molar-refractivity contribution in [2.24, 2.45) is 7.05 Å². The molecular formula is C21H21N5O3S. The van der Waals surface area contributed by atoms with Gasteiger partial charge in [-0.3, -0.25) is 14.9 Å². The van der Waals surface area contributed by atoms with Gasteiger partial charge in [-0.15, -0.1) is 10.2 Å². The van der Waals surface area contributed by atoms with Crippen molar-refractivity contribution in [2.75, 3.05) is 17.2 Å². The Morgan fingerprint density at radius 2 is 2.03 bits per heavy atom. The standard InChI is InChI=1S/C21H21N5O3S/c1-14-6-3-4-8-17(14)20-22-23-21(24(20)2)30-13-19(27)25-11-5-7-15-12-16(26(28)29)9-10-18(15)25/h3-4,6,8-10,12H,5,7,11,13H2,1-2H3. The molecule has 0 saturated carbocycles. The summed E-state index contributed by atoms with van der Waals surface area (Å²) in [7, 11) is 1.89. The van der Waals surface area contributed by atoms with Crippen LogP contribution >= 0.6 is 11.8 Å². The summed E-state index contributed by atoms with van der Waals surface area (Å²) in [6.07, 6.45) is 1.52. The first kappa shape index (κ1) is 20.1. The SMILES string of the molecule is Cc1ccccc1-c1nnc(SCC(=O)N2CCCc3cc([N+](=O)[O-])ccc32)n1C. The van der Waals surface area contributed by atoms with E-state index < -0.39 is 4.92 Å². The monoisotopic (exact) mass is 423 g/mol. The number of rotatable bonds is 5. The number of aromatic nitrogens is 3. The number of amides is 1. The largest absolute Gasteiger partial charge is 0.311 e. The summed E-state index contributed by atoms with van der Waals surface area (Å²) in [5, 5.41) is 20.3. The van der Waals surface area contributed by atoms with E-state index in [1.807, 2.05) is 42.8 Å². The van der Waals surface area contributed by atoms with E-state index in [4.69, 9.17) is 0 Å². The molecule has 1 amide bonds. The number of hydrogen-bond donors (Lipinski definition) is 0. The van der Waals surface area contributed by atoms with Gasteiger partial charge in [-0.1, -0.05) is 36.0 Å². The van der Waals surface area contributed by atoms with Crippen molar-refractivity contribution in [3.05, 3.63) is 63.7 Å². The Bertz CT molecular complexity index is 1130. The maximum Gasteiger partial charge on any atom is 0.269 e. The van der Waals surface area contributed by atoms with Crippen molar-refractivity contribution in [3.8, 4) is 11.4 Å². The second kappa shape index (κ2) is 8.27. The van der Waals surface area contributed by atoms with E-state index in [2.05, 4.69) is 10.2 Å². The zero-order valence-corrected chi connectivity index (χ0v) is 17.6. The number of nitro benzene ring substituents is 1. The van der Waals surface area contributed by atoms with Crippen LogP contribution in [0.2, 0.25) is 0 Å². The molecule has 0 fully saturated rings. The summed E-state index contributed by atoms with van der Waals surface area (Å²) in [5.74, 6) is 0.935. The molecule has 8 nitrogen and oxygen atoms in total. The summed E-state index contributed by atoms with van der Waals surface area (Å²) in [6.45, 7) is 2.63. The first-order valence-electron chi connectivity index (χ1n) is 9.61. The molecule has 30 heavy (non-hydrogen) atoms. The molecule has 2 aromatic carbocycles. The van der Waals surface area contributed by atoms with Crippen molar-refractivity contribution in [3.63, 3.8) is 0 Å². The summed E-state index contributed by atoms with van der Waals surface area (Å²) >= 11 is 1.34. The molecule has 0 saturated heterocycles. The normalized spacial score (nSPS) is 13.2. The third kappa shape index (κ3) is 3.80. The summed E-state index contributed by atoms with van der Waals surface area (Å²) in [4.78, 5) is 25.2. The van der Waals surface area contributed by atoms with Gasteiger partial charge >= 0.3 is 0 Å². The average Bonchev–Trinajstić information content (AvgIpc) is 3.11. The molecule has 0 N–H and O–H groups in total. The number of thioether (sulfide) groups is 1. The third-order valence-electron chi connectivity index (χ3n) is 5.24. The van der Waals surface area contributed by atoms with E-state index in [9.17, 15) is 14.9 Å². The topological polar surface area (TPSA) is 94.2 Å². The van der Waals surface area contributed by atoms with Crippen LogP contribution in [0.4, 0.5) is 11.4 Å². The Hall–Kier alpha value is -3.20. The van der Waals surface area contributed by atoms with Crippen LogP contribution in [-0.2, 0) is 18.3 Å². The highest BCUT2D eigenvalue weighted by atomic mass is 32.2. The fourth-order valence-corrected chi connectivity index (χ4v) is 4.45. The van der Waals surface area contributed by atoms with Crippen LogP contribution < -0.4 is 4.90 Å². The lowest BCUT2D eigenvalue weighted by molar-refractivity contribution is -0.384. The molecule has 4 rings (SSSR count). The van der Waals surface area contributed by atoms with Crippen LogP contribution in [-0.4, -0.2) is 37.9 Å². The highest BCUT2D eigenvalue weighted by Gasteiger charge is 2.25. The Labute approximate surface area is 178 Å². The highest BCUT2D eigenvalue weighted by Crippen LogP contribution is 2.31. The maximum absolute atomic E-state index is 12.9. The number of nitro groups is 1. The van der Waals surface area contributed by atoms with Gasteiger partial charge in [0.05, 0.1) is 10.7 Å². The van der Waals surface area contributed by atoms with Crippen LogP contribution in [0, 0.1) is 17.0 Å². The van der Waals surface area contributed by atoms with Crippen molar-refractivity contribution < 1.29 is 9.72 Å². The molecule has 0 bridgehead atoms. The van der Waals surface area contributed by atoms with Crippen molar-refractivity contribution in [1.29, 1.82) is 0 Å². The van der Waals surface area contributed by atoms with E-state index in [0.717, 1.165) is 41.0 Å². The minimum Gasteiger partial charge on any atom is -0.311 e. The van der Waals surface area contributed by atoms with Gasteiger partial charge in [0.15, 0.2) is 11.0 Å². The smallest absolute Gasteiger partial charge is 0.269 e. The Balaban J connectivity index is 1.49. The predicted molar refractivity (Wildman–Crippen MR) is 116 cm³/mol. The number of non-ortho nitro benzene ring substituents is 1. The molecule has 3 aromatic rings. The van der Waals surface area contributed by atoms with Crippen LogP contribution in [0.3, 0.4) is 0 Å². The molecule has 0 aliphatic carbocycles. The van der Waals surface area contributed by atoms with Gasteiger partial charge in [0.2, 0.25) is 5.91 Å². The maximum atomic E-state index is 12.9. The van der Waals surface area contributed by atoms with Gasteiger partial charge in [-0.2, -0.15) is 0 Å². The van der Waals surface area contributed by atoms with Crippen LogP contribution in [0.1, 0.15) is 17.5 Å². The Morgan fingerprint density at radius 1 is 1.23 bits per heavy atom. The molecule has 9 heteroatoms. The molecule has 154 valence electrons. The minimum atomic E-state index is -0.406. The zero-order chi connectivity index (χ0) is 21.3.